The molecule has 0 unspecified atom stereocenters. The minimum Gasteiger partial charge on any atom is -0.305 e. The van der Waals surface area contributed by atoms with Crippen molar-refractivity contribution in [2.75, 3.05) is 4.90 Å². The van der Waals surface area contributed by atoms with Gasteiger partial charge in [-0.25, -0.2) is 9.97 Å². The van der Waals surface area contributed by atoms with Gasteiger partial charge in [-0.1, -0.05) is 133 Å². The first-order valence-corrected chi connectivity index (χ1v) is 15.3. The number of aromatic nitrogens is 2. The molecule has 2 heterocycles. The monoisotopic (exact) mass is 567 g/mol. The van der Waals surface area contributed by atoms with Crippen molar-refractivity contribution in [3.8, 4) is 22.4 Å². The molecule has 0 saturated heterocycles. The van der Waals surface area contributed by atoms with Crippen LogP contribution in [-0.2, 0) is 5.54 Å². The maximum atomic E-state index is 5.51. The summed E-state index contributed by atoms with van der Waals surface area (Å²) in [6.07, 6.45) is 0. The Morgan fingerprint density at radius 3 is 1.72 bits per heavy atom. The van der Waals surface area contributed by atoms with Gasteiger partial charge in [0.25, 0.3) is 0 Å². The Bertz CT molecular complexity index is 2140. The SMILES string of the molecule is c1ccc(-c2nc3ccccc3nc2N2c3ccccc3Sc3ccccc3C23c2ccccc2-c2ccccc23)cc1. The van der Waals surface area contributed by atoms with Gasteiger partial charge < -0.3 is 4.90 Å². The molecule has 43 heavy (non-hydrogen) atoms. The first kappa shape index (κ1) is 24.4. The summed E-state index contributed by atoms with van der Waals surface area (Å²) >= 11 is 1.83. The molecule has 7 aromatic rings. The van der Waals surface area contributed by atoms with E-state index in [0.29, 0.717) is 0 Å². The predicted molar refractivity (Wildman–Crippen MR) is 176 cm³/mol. The van der Waals surface area contributed by atoms with E-state index in [4.69, 9.17) is 9.97 Å². The number of para-hydroxylation sites is 3. The summed E-state index contributed by atoms with van der Waals surface area (Å²) < 4.78 is 0. The van der Waals surface area contributed by atoms with Gasteiger partial charge in [0.1, 0.15) is 11.2 Å². The Morgan fingerprint density at radius 1 is 0.465 bits per heavy atom. The number of hydrogen-bond donors (Lipinski definition) is 0. The normalized spacial score (nSPS) is 14.1. The molecule has 9 rings (SSSR count). The topological polar surface area (TPSA) is 29.0 Å². The lowest BCUT2D eigenvalue weighted by Gasteiger charge is -2.44. The van der Waals surface area contributed by atoms with E-state index in [2.05, 4.69) is 144 Å². The molecule has 0 bridgehead atoms. The number of anilines is 2. The second kappa shape index (κ2) is 9.41. The molecule has 4 heteroatoms. The van der Waals surface area contributed by atoms with Gasteiger partial charge in [0.15, 0.2) is 5.82 Å². The lowest BCUT2D eigenvalue weighted by molar-refractivity contribution is 0.625. The average Bonchev–Trinajstić information content (AvgIpc) is 3.29. The van der Waals surface area contributed by atoms with Crippen molar-refractivity contribution in [1.82, 2.24) is 9.97 Å². The molecular formula is C39H25N3S. The highest BCUT2D eigenvalue weighted by molar-refractivity contribution is 7.99. The maximum absolute atomic E-state index is 5.51. The van der Waals surface area contributed by atoms with Gasteiger partial charge in [-0.3, -0.25) is 0 Å². The minimum absolute atomic E-state index is 0.690. The molecule has 0 saturated carbocycles. The summed E-state index contributed by atoms with van der Waals surface area (Å²) in [6.45, 7) is 0. The van der Waals surface area contributed by atoms with Gasteiger partial charge in [0.2, 0.25) is 0 Å². The van der Waals surface area contributed by atoms with Crippen LogP contribution in [-0.4, -0.2) is 9.97 Å². The Morgan fingerprint density at radius 2 is 1.00 bits per heavy atom. The molecule has 0 fully saturated rings. The summed E-state index contributed by atoms with van der Waals surface area (Å²) in [6, 6.07) is 54.0. The van der Waals surface area contributed by atoms with Crippen molar-refractivity contribution in [2.45, 2.75) is 15.3 Å². The third-order valence-electron chi connectivity index (χ3n) is 8.67. The van der Waals surface area contributed by atoms with Gasteiger partial charge in [-0.05, 0) is 52.6 Å². The highest BCUT2D eigenvalue weighted by Crippen LogP contribution is 2.62. The highest BCUT2D eigenvalue weighted by Gasteiger charge is 2.53. The summed E-state index contributed by atoms with van der Waals surface area (Å²) in [5.74, 6) is 0.834. The Balaban J connectivity index is 1.51. The van der Waals surface area contributed by atoms with Crippen LogP contribution >= 0.6 is 11.8 Å². The van der Waals surface area contributed by atoms with E-state index in [1.54, 1.807) is 0 Å². The first-order chi connectivity index (χ1) is 21.3. The number of benzene rings is 6. The summed E-state index contributed by atoms with van der Waals surface area (Å²) in [5, 5.41) is 0. The van der Waals surface area contributed by atoms with Crippen LogP contribution in [0, 0.1) is 0 Å². The van der Waals surface area contributed by atoms with E-state index in [1.165, 1.54) is 37.6 Å². The molecule has 1 aliphatic heterocycles. The second-order valence-corrected chi connectivity index (χ2v) is 12.0. The fraction of sp³-hybridized carbons (Fsp3) is 0.0256. The fourth-order valence-electron chi connectivity index (χ4n) is 6.95. The molecule has 6 aromatic carbocycles. The third-order valence-corrected chi connectivity index (χ3v) is 9.81. The third kappa shape index (κ3) is 3.44. The lowest BCUT2D eigenvalue weighted by atomic mass is 9.78. The smallest absolute Gasteiger partial charge is 0.161 e. The number of nitrogens with zero attached hydrogens (tertiary/aromatic N) is 3. The summed E-state index contributed by atoms with van der Waals surface area (Å²) in [7, 11) is 0. The van der Waals surface area contributed by atoms with Crippen molar-refractivity contribution < 1.29 is 0 Å². The van der Waals surface area contributed by atoms with Crippen molar-refractivity contribution in [3.63, 3.8) is 0 Å². The minimum atomic E-state index is -0.690. The molecule has 0 radical (unpaired) electrons. The molecule has 1 spiro atoms. The van der Waals surface area contributed by atoms with Crippen LogP contribution in [0.15, 0.2) is 161 Å². The van der Waals surface area contributed by atoms with E-state index in [0.717, 1.165) is 33.8 Å². The van der Waals surface area contributed by atoms with Crippen LogP contribution in [0.25, 0.3) is 33.4 Å². The van der Waals surface area contributed by atoms with Gasteiger partial charge in [-0.2, -0.15) is 0 Å². The standard InChI is InChI=1S/C39H25N3S/c1-2-14-26(15-3-1)37-38(41-33-22-10-9-21-32(33)40-37)42-34-23-11-13-25-36(34)43-35-24-12-8-20-31(35)39(42)29-18-6-4-16-27(29)28-17-5-7-19-30(28)39/h1-25H. The molecule has 1 aliphatic carbocycles. The molecule has 2 aliphatic rings. The van der Waals surface area contributed by atoms with Crippen LogP contribution in [0.3, 0.4) is 0 Å². The second-order valence-electron chi connectivity index (χ2n) is 11.0. The van der Waals surface area contributed by atoms with E-state index in [1.807, 2.05) is 23.9 Å². The van der Waals surface area contributed by atoms with E-state index in [9.17, 15) is 0 Å². The van der Waals surface area contributed by atoms with Gasteiger partial charge in [0.05, 0.1) is 16.7 Å². The lowest BCUT2D eigenvalue weighted by Crippen LogP contribution is -2.45. The molecule has 202 valence electrons. The van der Waals surface area contributed by atoms with Crippen molar-refractivity contribution in [2.24, 2.45) is 0 Å². The van der Waals surface area contributed by atoms with Crippen molar-refractivity contribution >= 4 is 34.3 Å². The number of hydrogen-bond acceptors (Lipinski definition) is 4. The van der Waals surface area contributed by atoms with Crippen molar-refractivity contribution in [1.29, 1.82) is 0 Å². The zero-order chi connectivity index (χ0) is 28.4. The Kier molecular flexibility index (Phi) is 5.34. The zero-order valence-corrected chi connectivity index (χ0v) is 24.0. The fourth-order valence-corrected chi connectivity index (χ4v) is 8.07. The molecule has 0 N–H and O–H groups in total. The van der Waals surface area contributed by atoms with E-state index >= 15 is 0 Å². The van der Waals surface area contributed by atoms with Gasteiger partial charge in [-0.15, -0.1) is 0 Å². The summed E-state index contributed by atoms with van der Waals surface area (Å²) in [4.78, 5) is 15.8. The summed E-state index contributed by atoms with van der Waals surface area (Å²) in [5.41, 5.74) is 10.3. The largest absolute Gasteiger partial charge is 0.305 e. The molecule has 0 amide bonds. The quantitative estimate of drug-likeness (QED) is 0.208. The van der Waals surface area contributed by atoms with Gasteiger partial charge >= 0.3 is 0 Å². The van der Waals surface area contributed by atoms with Crippen LogP contribution in [0.5, 0.6) is 0 Å². The van der Waals surface area contributed by atoms with Crippen molar-refractivity contribution in [3.05, 3.63) is 168 Å². The molecular weight excluding hydrogens is 543 g/mol. The molecule has 0 atom stereocenters. The first-order valence-electron chi connectivity index (χ1n) is 14.5. The van der Waals surface area contributed by atoms with Crippen LogP contribution in [0.2, 0.25) is 0 Å². The predicted octanol–water partition coefficient (Wildman–Crippen LogP) is 9.87. The van der Waals surface area contributed by atoms with Gasteiger partial charge in [0, 0.05) is 20.9 Å². The Labute approximate surface area is 254 Å². The highest BCUT2D eigenvalue weighted by atomic mass is 32.2. The average molecular weight is 568 g/mol. The zero-order valence-electron chi connectivity index (χ0n) is 23.2. The maximum Gasteiger partial charge on any atom is 0.161 e. The van der Waals surface area contributed by atoms with E-state index in [-0.39, 0.29) is 0 Å². The molecule has 1 aromatic heterocycles. The van der Waals surface area contributed by atoms with Crippen LogP contribution < -0.4 is 4.90 Å². The van der Waals surface area contributed by atoms with Crippen LogP contribution in [0.1, 0.15) is 16.7 Å². The number of rotatable bonds is 2. The number of fused-ring (bicyclic) bond motifs is 9. The van der Waals surface area contributed by atoms with E-state index < -0.39 is 5.54 Å². The molecule has 3 nitrogen and oxygen atoms in total. The Hall–Kier alpha value is -5.19. The van der Waals surface area contributed by atoms with Crippen LogP contribution in [0.4, 0.5) is 11.5 Å².